The molecule has 4 heteroatoms. The number of benzene rings is 2. The minimum absolute atomic E-state index is 0.667. The van der Waals surface area contributed by atoms with Crippen LogP contribution in [0.4, 0.5) is 5.69 Å². The Hall–Kier alpha value is -2.07. The number of ether oxygens (including phenoxy) is 1. The fourth-order valence-corrected chi connectivity index (χ4v) is 2.76. The molecule has 122 valence electrons. The van der Waals surface area contributed by atoms with Crippen molar-refractivity contribution in [1.29, 1.82) is 0 Å². The summed E-state index contributed by atoms with van der Waals surface area (Å²) in [5, 5.41) is 7.17. The van der Waals surface area contributed by atoms with Crippen LogP contribution in [0.5, 0.6) is 5.75 Å². The van der Waals surface area contributed by atoms with Gasteiger partial charge in [0.05, 0.1) is 7.11 Å². The Kier molecular flexibility index (Phi) is 6.41. The van der Waals surface area contributed by atoms with E-state index >= 15 is 0 Å². The van der Waals surface area contributed by atoms with Crippen molar-refractivity contribution in [1.82, 2.24) is 5.32 Å². The zero-order valence-corrected chi connectivity index (χ0v) is 14.8. The van der Waals surface area contributed by atoms with Gasteiger partial charge in [0.25, 0.3) is 0 Å². The normalized spacial score (nSPS) is 10.2. The molecular weight excluding hydrogens is 304 g/mol. The maximum absolute atomic E-state index is 5.35. The summed E-state index contributed by atoms with van der Waals surface area (Å²) in [6.07, 6.45) is 2.01. The van der Waals surface area contributed by atoms with Crippen molar-refractivity contribution in [3.05, 3.63) is 59.2 Å². The van der Waals surface area contributed by atoms with Crippen LogP contribution in [-0.2, 0) is 6.42 Å². The Morgan fingerprint density at radius 2 is 1.83 bits per heavy atom. The van der Waals surface area contributed by atoms with Crippen LogP contribution in [-0.4, -0.2) is 18.8 Å². The molecule has 0 atom stereocenters. The molecule has 0 aliphatic carbocycles. The number of hydrogen-bond donors (Lipinski definition) is 2. The number of aryl methyl sites for hydroxylation is 3. The van der Waals surface area contributed by atoms with Crippen molar-refractivity contribution in [3.63, 3.8) is 0 Å². The van der Waals surface area contributed by atoms with Gasteiger partial charge in [-0.1, -0.05) is 18.2 Å². The summed E-state index contributed by atoms with van der Waals surface area (Å²) < 4.78 is 5.24. The Labute approximate surface area is 144 Å². The zero-order valence-electron chi connectivity index (χ0n) is 14.0. The standard InChI is InChI=1S/C19H24N2OS/c1-14-10-15(2)12-17(11-14)21-19(23)20-9-5-7-16-6-4-8-18(13-16)22-3/h4,6,8,10-13H,5,7,9H2,1-3H3,(H2,20,21,23). The molecule has 2 rings (SSSR count). The molecule has 0 heterocycles. The highest BCUT2D eigenvalue weighted by Crippen LogP contribution is 2.14. The van der Waals surface area contributed by atoms with Crippen molar-refractivity contribution in [2.75, 3.05) is 19.0 Å². The van der Waals surface area contributed by atoms with Crippen molar-refractivity contribution in [3.8, 4) is 5.75 Å². The van der Waals surface area contributed by atoms with Gasteiger partial charge in [0, 0.05) is 12.2 Å². The van der Waals surface area contributed by atoms with Crippen LogP contribution in [0.15, 0.2) is 42.5 Å². The summed E-state index contributed by atoms with van der Waals surface area (Å²) in [6.45, 7) is 5.01. The van der Waals surface area contributed by atoms with Gasteiger partial charge >= 0.3 is 0 Å². The molecule has 2 aromatic carbocycles. The second-order valence-corrected chi connectivity index (χ2v) is 6.12. The third-order valence-corrected chi connectivity index (χ3v) is 3.79. The number of anilines is 1. The molecule has 3 nitrogen and oxygen atoms in total. The van der Waals surface area contributed by atoms with Gasteiger partial charge in [-0.05, 0) is 79.9 Å². The van der Waals surface area contributed by atoms with Crippen molar-refractivity contribution in [2.45, 2.75) is 26.7 Å². The van der Waals surface area contributed by atoms with Crippen molar-refractivity contribution in [2.24, 2.45) is 0 Å². The monoisotopic (exact) mass is 328 g/mol. The smallest absolute Gasteiger partial charge is 0.170 e. The molecule has 0 spiro atoms. The van der Waals surface area contributed by atoms with Crippen LogP contribution in [0.2, 0.25) is 0 Å². The Morgan fingerprint density at radius 1 is 1.09 bits per heavy atom. The first-order valence-corrected chi connectivity index (χ1v) is 8.24. The quantitative estimate of drug-likeness (QED) is 0.614. The maximum Gasteiger partial charge on any atom is 0.170 e. The van der Waals surface area contributed by atoms with Crippen molar-refractivity contribution >= 4 is 23.0 Å². The van der Waals surface area contributed by atoms with Gasteiger partial charge in [0.15, 0.2) is 5.11 Å². The average molecular weight is 328 g/mol. The van der Waals surface area contributed by atoms with Gasteiger partial charge in [-0.3, -0.25) is 0 Å². The van der Waals surface area contributed by atoms with Crippen LogP contribution in [0.25, 0.3) is 0 Å². The van der Waals surface area contributed by atoms with E-state index in [9.17, 15) is 0 Å². The van der Waals surface area contributed by atoms with Gasteiger partial charge in [-0.25, -0.2) is 0 Å². The van der Waals surface area contributed by atoms with Gasteiger partial charge in [-0.2, -0.15) is 0 Å². The topological polar surface area (TPSA) is 33.3 Å². The van der Waals surface area contributed by atoms with Gasteiger partial charge in [0.2, 0.25) is 0 Å². The molecule has 0 aliphatic heterocycles. The summed E-state index contributed by atoms with van der Waals surface area (Å²) in [5.74, 6) is 0.905. The van der Waals surface area contributed by atoms with E-state index in [0.717, 1.165) is 30.8 Å². The predicted molar refractivity (Wildman–Crippen MR) is 101 cm³/mol. The Balaban J connectivity index is 1.74. The lowest BCUT2D eigenvalue weighted by Gasteiger charge is -2.12. The molecule has 0 saturated carbocycles. The Morgan fingerprint density at radius 3 is 2.52 bits per heavy atom. The Bertz CT molecular complexity index is 650. The van der Waals surface area contributed by atoms with Crippen molar-refractivity contribution < 1.29 is 4.74 Å². The number of nitrogens with one attached hydrogen (secondary N) is 2. The van der Waals surface area contributed by atoms with E-state index in [1.165, 1.54) is 16.7 Å². The first-order valence-electron chi connectivity index (χ1n) is 7.83. The third-order valence-electron chi connectivity index (χ3n) is 3.54. The first-order chi connectivity index (χ1) is 11.1. The molecule has 23 heavy (non-hydrogen) atoms. The molecule has 0 aliphatic rings. The summed E-state index contributed by atoms with van der Waals surface area (Å²) in [5.41, 5.74) is 4.77. The number of hydrogen-bond acceptors (Lipinski definition) is 2. The van der Waals surface area contributed by atoms with Gasteiger partial charge in [0.1, 0.15) is 5.75 Å². The van der Waals surface area contributed by atoms with E-state index < -0.39 is 0 Å². The molecular formula is C19H24N2OS. The van der Waals surface area contributed by atoms with Crippen LogP contribution in [0.1, 0.15) is 23.1 Å². The predicted octanol–water partition coefficient (Wildman–Crippen LogP) is 4.23. The minimum Gasteiger partial charge on any atom is -0.497 e. The third kappa shape index (κ3) is 5.91. The van der Waals surface area contributed by atoms with E-state index in [0.29, 0.717) is 5.11 Å². The SMILES string of the molecule is COc1cccc(CCCNC(=S)Nc2cc(C)cc(C)c2)c1. The number of methoxy groups -OCH3 is 1. The minimum atomic E-state index is 0.667. The summed E-state index contributed by atoms with van der Waals surface area (Å²) in [4.78, 5) is 0. The molecule has 0 radical (unpaired) electrons. The molecule has 0 amide bonds. The second-order valence-electron chi connectivity index (χ2n) is 5.71. The van der Waals surface area contributed by atoms with Gasteiger partial charge < -0.3 is 15.4 Å². The lowest BCUT2D eigenvalue weighted by atomic mass is 10.1. The molecule has 0 bridgehead atoms. The highest BCUT2D eigenvalue weighted by Gasteiger charge is 2.00. The highest BCUT2D eigenvalue weighted by molar-refractivity contribution is 7.80. The summed E-state index contributed by atoms with van der Waals surface area (Å²) in [6, 6.07) is 14.5. The van der Waals surface area contributed by atoms with E-state index in [-0.39, 0.29) is 0 Å². The second kappa shape index (κ2) is 8.53. The van der Waals surface area contributed by atoms with Crippen LogP contribution < -0.4 is 15.4 Å². The first kappa shape index (κ1) is 17.3. The van der Waals surface area contributed by atoms with Crippen LogP contribution in [0.3, 0.4) is 0 Å². The van der Waals surface area contributed by atoms with Gasteiger partial charge in [-0.15, -0.1) is 0 Å². The molecule has 0 aromatic heterocycles. The average Bonchev–Trinajstić information content (AvgIpc) is 2.51. The lowest BCUT2D eigenvalue weighted by Crippen LogP contribution is -2.29. The van der Waals surface area contributed by atoms with Crippen LogP contribution in [0, 0.1) is 13.8 Å². The molecule has 0 saturated heterocycles. The molecule has 0 fully saturated rings. The lowest BCUT2D eigenvalue weighted by molar-refractivity contribution is 0.414. The number of thiocarbonyl (C=S) groups is 1. The van der Waals surface area contributed by atoms with E-state index in [2.05, 4.69) is 54.8 Å². The fourth-order valence-electron chi connectivity index (χ4n) is 2.54. The maximum atomic E-state index is 5.35. The molecule has 0 unspecified atom stereocenters. The molecule has 2 aromatic rings. The molecule has 2 N–H and O–H groups in total. The highest BCUT2D eigenvalue weighted by atomic mass is 32.1. The largest absolute Gasteiger partial charge is 0.497 e. The summed E-state index contributed by atoms with van der Waals surface area (Å²) >= 11 is 5.35. The summed E-state index contributed by atoms with van der Waals surface area (Å²) in [7, 11) is 1.69. The van der Waals surface area contributed by atoms with E-state index in [4.69, 9.17) is 17.0 Å². The zero-order chi connectivity index (χ0) is 16.7. The van der Waals surface area contributed by atoms with E-state index in [1.54, 1.807) is 7.11 Å². The van der Waals surface area contributed by atoms with E-state index in [1.807, 2.05) is 12.1 Å². The number of rotatable bonds is 6. The fraction of sp³-hybridized carbons (Fsp3) is 0.316. The van der Waals surface area contributed by atoms with Crippen LogP contribution >= 0.6 is 12.2 Å².